The molecule has 1 aromatic rings. The highest BCUT2D eigenvalue weighted by Gasteiger charge is 2.48. The second kappa shape index (κ2) is 38.8. The van der Waals surface area contributed by atoms with Gasteiger partial charge in [-0.15, -0.1) is 0 Å². The molecule has 0 radical (unpaired) electrons. The number of nitrogens with one attached hydrogen (secondary N) is 5. The van der Waals surface area contributed by atoms with Gasteiger partial charge in [-0.1, -0.05) is 84.4 Å². The van der Waals surface area contributed by atoms with Crippen molar-refractivity contribution >= 4 is 41.4 Å². The first kappa shape index (κ1) is 74.8. The molecule has 3 fully saturated rings. The van der Waals surface area contributed by atoms with Crippen molar-refractivity contribution in [2.24, 2.45) is 17.6 Å². The molecule has 3 aliphatic rings. The highest BCUT2D eigenvalue weighted by Crippen LogP contribution is 2.28. The number of phenolic OH excluding ortho intramolecular Hbond substituents is 1. The summed E-state index contributed by atoms with van der Waals surface area (Å²) in [7, 11) is 1.55. The molecule has 3 saturated heterocycles. The van der Waals surface area contributed by atoms with E-state index < -0.39 is 158 Å². The summed E-state index contributed by atoms with van der Waals surface area (Å²) >= 11 is 0. The highest BCUT2D eigenvalue weighted by atomic mass is 16.6. The van der Waals surface area contributed by atoms with Crippen molar-refractivity contribution in [2.75, 3.05) is 73.1 Å². The molecule has 1 aromatic carbocycles. The van der Waals surface area contributed by atoms with Gasteiger partial charge in [0.25, 0.3) is 0 Å². The van der Waals surface area contributed by atoms with Crippen LogP contribution in [0.3, 0.4) is 0 Å². The summed E-state index contributed by atoms with van der Waals surface area (Å²) in [6, 6.07) is -6.12. The number of hydrogen-bond donors (Lipinski definition) is 14. The summed E-state index contributed by atoms with van der Waals surface area (Å²) in [5.41, 5.74) is 4.96. The Hall–Kier alpha value is -5.63. The number of ether oxygens (including phenoxy) is 5. The fraction of sp³-hybridized carbons (Fsp3) is 0.750. The molecular formula is C60H100N8O20. The number of hydrogen-bond acceptors (Lipinski definition) is 21. The molecule has 28 heteroatoms. The molecule has 7 amide bonds. The Morgan fingerprint density at radius 1 is 0.716 bits per heavy atom. The summed E-state index contributed by atoms with van der Waals surface area (Å²) in [4.78, 5) is 101. The van der Waals surface area contributed by atoms with Gasteiger partial charge in [0.15, 0.2) is 6.23 Å². The van der Waals surface area contributed by atoms with Crippen LogP contribution in [0.4, 0.5) is 0 Å². The quantitative estimate of drug-likeness (QED) is 0.0351. The molecule has 0 aromatic heterocycles. The van der Waals surface area contributed by atoms with Crippen molar-refractivity contribution in [3.05, 3.63) is 42.1 Å². The van der Waals surface area contributed by atoms with E-state index in [1.54, 1.807) is 7.11 Å². The second-order valence-electron chi connectivity index (χ2n) is 23.4. The van der Waals surface area contributed by atoms with Crippen molar-refractivity contribution < 1.29 is 98.1 Å². The maximum atomic E-state index is 14.9. The van der Waals surface area contributed by atoms with Gasteiger partial charge in [-0.2, -0.15) is 0 Å². The van der Waals surface area contributed by atoms with Crippen LogP contribution >= 0.6 is 0 Å². The summed E-state index contributed by atoms with van der Waals surface area (Å²) in [6.45, 7) is 12.0. The van der Waals surface area contributed by atoms with Gasteiger partial charge < -0.3 is 107 Å². The Morgan fingerprint density at radius 3 is 1.92 bits per heavy atom. The predicted molar refractivity (Wildman–Crippen MR) is 318 cm³/mol. The molecule has 0 spiro atoms. The number of rotatable bonds is 33. The molecule has 28 nitrogen and oxygen atoms in total. The number of aliphatic hydroxyl groups excluding tert-OH is 7. The minimum Gasteiger partial charge on any atom is -0.508 e. The summed E-state index contributed by atoms with van der Waals surface area (Å²) in [5, 5.41) is 104. The molecule has 4 rings (SSSR count). The van der Waals surface area contributed by atoms with Crippen LogP contribution in [0, 0.1) is 11.8 Å². The van der Waals surface area contributed by atoms with E-state index in [2.05, 4.69) is 53.9 Å². The normalized spacial score (nSPS) is 26.5. The molecule has 0 aliphatic carbocycles. The lowest BCUT2D eigenvalue weighted by Gasteiger charge is -2.36. The number of nitrogens with two attached hydrogens (primary N) is 1. The van der Waals surface area contributed by atoms with Gasteiger partial charge in [0.05, 0.1) is 89.7 Å². The zero-order valence-electron chi connectivity index (χ0n) is 51.7. The van der Waals surface area contributed by atoms with Gasteiger partial charge in [-0.25, -0.2) is 0 Å². The molecule has 15 N–H and O–H groups in total. The van der Waals surface area contributed by atoms with Crippen LogP contribution in [0.5, 0.6) is 5.75 Å². The Balaban J connectivity index is 1.74. The first-order valence-corrected chi connectivity index (χ1v) is 30.8. The number of benzene rings is 1. The van der Waals surface area contributed by atoms with Gasteiger partial charge in [-0.05, 0) is 55.7 Å². The number of aromatic hydroxyl groups is 1. The smallest absolute Gasteiger partial charge is 0.248 e. The number of primary amides is 1. The van der Waals surface area contributed by atoms with Crippen LogP contribution in [-0.2, 0) is 57.2 Å². The minimum atomic E-state index is -2.12. The van der Waals surface area contributed by atoms with Gasteiger partial charge >= 0.3 is 0 Å². The Morgan fingerprint density at radius 2 is 1.31 bits per heavy atom. The largest absolute Gasteiger partial charge is 0.508 e. The van der Waals surface area contributed by atoms with Crippen LogP contribution < -0.4 is 32.3 Å². The third-order valence-electron chi connectivity index (χ3n) is 16.1. The lowest BCUT2D eigenvalue weighted by molar-refractivity contribution is -0.149. The van der Waals surface area contributed by atoms with E-state index in [9.17, 15) is 74.4 Å². The van der Waals surface area contributed by atoms with Crippen molar-refractivity contribution in [1.82, 2.24) is 36.4 Å². The SMILES string of the molecule is C=C1NC([C@H](O)CC(N)=O)C(=O)N2CC[C@H](O)C2C(=O)N[C@H](OCCOCCOCCOCCOC)[C@H](O)C[C@H](NC(=O)CCCCCCCCC(C)CC(C)CC)C(=O)NC([C@@H](C)O)C(=O)N2C[C@H](O)CC2C(=O)NC1[C@H](O)[C@@H](O)c1ccc(O)cc1. The van der Waals surface area contributed by atoms with Crippen molar-refractivity contribution in [3.8, 4) is 5.75 Å². The number of aliphatic hydroxyl groups is 7. The first-order valence-electron chi connectivity index (χ1n) is 30.8. The average Bonchev–Trinajstić information content (AvgIpc) is 1.81. The third-order valence-corrected chi connectivity index (χ3v) is 16.1. The first-order chi connectivity index (χ1) is 41.9. The number of amides is 7. The van der Waals surface area contributed by atoms with Gasteiger partial charge in [0, 0.05) is 45.2 Å². The predicted octanol–water partition coefficient (Wildman–Crippen LogP) is -1.63. The Kier molecular flexibility index (Phi) is 33.0. The number of phenols is 1. The highest BCUT2D eigenvalue weighted by molar-refractivity contribution is 5.95. The Labute approximate surface area is 515 Å². The molecule has 3 heterocycles. The van der Waals surface area contributed by atoms with E-state index in [4.69, 9.17) is 29.4 Å². The molecule has 88 heavy (non-hydrogen) atoms. The van der Waals surface area contributed by atoms with Crippen molar-refractivity contribution in [3.63, 3.8) is 0 Å². The zero-order chi connectivity index (χ0) is 65.0. The fourth-order valence-electron chi connectivity index (χ4n) is 11.0. The zero-order valence-corrected chi connectivity index (χ0v) is 51.7. The average molecular weight is 1250 g/mol. The van der Waals surface area contributed by atoms with E-state index in [0.29, 0.717) is 44.5 Å². The van der Waals surface area contributed by atoms with E-state index in [0.717, 1.165) is 55.2 Å². The summed E-state index contributed by atoms with van der Waals surface area (Å²) in [5.74, 6) is -6.26. The van der Waals surface area contributed by atoms with Crippen LogP contribution in [0.1, 0.15) is 129 Å². The maximum Gasteiger partial charge on any atom is 0.248 e. The fourth-order valence-corrected chi connectivity index (χ4v) is 11.0. The second-order valence-corrected chi connectivity index (χ2v) is 23.4. The molecular weight excluding hydrogens is 1150 g/mol. The van der Waals surface area contributed by atoms with E-state index in [1.165, 1.54) is 30.7 Å². The van der Waals surface area contributed by atoms with E-state index >= 15 is 0 Å². The van der Waals surface area contributed by atoms with Crippen molar-refractivity contribution in [1.29, 1.82) is 0 Å². The number of unbranched alkanes of at least 4 members (excludes halogenated alkanes) is 5. The minimum absolute atomic E-state index is 0.00578. The van der Waals surface area contributed by atoms with Crippen LogP contribution in [0.15, 0.2) is 36.5 Å². The molecule has 0 saturated carbocycles. The van der Waals surface area contributed by atoms with Crippen LogP contribution in [0.2, 0.25) is 0 Å². The number of fused-ring (bicyclic) bond motifs is 2. The number of nitrogens with zero attached hydrogens (tertiary/aromatic N) is 2. The van der Waals surface area contributed by atoms with Gasteiger partial charge in [-0.3, -0.25) is 33.6 Å². The molecule has 500 valence electrons. The topological polar surface area (TPSA) is 420 Å². The standard InChI is InChI=1S/C60H100N8O20/c1-7-35(2)30-36(3)14-12-10-8-9-11-13-15-48(76)63-42-32-46(74)58(88-29-28-87-27-26-86-25-24-85-23-22-84-6)66-57(81)52-44(72)20-21-67(52)60(83)51(45(73)33-47(61)75)62-37(4)49(54(78)53(77)39-16-18-40(70)19-17-39)64-56(80)43-31-41(71)34-68(43)59(82)50(38(5)69)65-55(42)79/h16-19,35-36,38,41-46,49-54,58,62,69-74,77-78H,4,7-15,20-34H2,1-3,5-6H3,(H2,61,75)(H,63,76)(H,64,80)(H,65,79)(H,66,81)/t35?,36?,38-,41-,42+,43?,44+,45-,46-,49?,50?,51?,52?,53+,54+,58-/m1/s1. The number of carbonyl (C=O) groups excluding carboxylic acids is 7. The lowest BCUT2D eigenvalue weighted by atomic mass is 9.91. The van der Waals surface area contributed by atoms with Crippen LogP contribution in [-0.4, -0.2) is 244 Å². The number of carbonyl (C=O) groups is 7. The Bertz CT molecular complexity index is 2340. The molecule has 7 unspecified atom stereocenters. The van der Waals surface area contributed by atoms with Crippen molar-refractivity contribution in [2.45, 2.75) is 203 Å². The van der Waals surface area contributed by atoms with Gasteiger partial charge in [0.2, 0.25) is 41.4 Å². The monoisotopic (exact) mass is 1250 g/mol. The maximum absolute atomic E-state index is 14.9. The lowest BCUT2D eigenvalue weighted by Crippen LogP contribution is -2.62. The summed E-state index contributed by atoms with van der Waals surface area (Å²) in [6.07, 6.45) is -8.45. The third kappa shape index (κ3) is 24.3. The molecule has 0 bridgehead atoms. The molecule has 16 atom stereocenters. The van der Waals surface area contributed by atoms with Crippen LogP contribution in [0.25, 0.3) is 0 Å². The van der Waals surface area contributed by atoms with E-state index in [-0.39, 0.29) is 63.7 Å². The number of methoxy groups -OCH3 is 1. The van der Waals surface area contributed by atoms with Gasteiger partial charge in [0.1, 0.15) is 54.3 Å². The summed E-state index contributed by atoms with van der Waals surface area (Å²) < 4.78 is 27.5. The van der Waals surface area contributed by atoms with E-state index in [1.807, 2.05) is 0 Å². The molecule has 3 aliphatic heterocycles.